The maximum absolute atomic E-state index is 13.2. The Morgan fingerprint density at radius 3 is 2.62 bits per heavy atom. The fraction of sp³-hybridized carbons (Fsp3) is 0.167. The quantitative estimate of drug-likeness (QED) is 0.872. The number of halogens is 2. The Bertz CT molecular complexity index is 489. The van der Waals surface area contributed by atoms with Crippen LogP contribution < -0.4 is 5.73 Å². The Labute approximate surface area is 97.8 Å². The predicted octanol–water partition coefficient (Wildman–Crippen LogP) is 3.43. The summed E-state index contributed by atoms with van der Waals surface area (Å²) in [6.45, 7) is 1.81. The van der Waals surface area contributed by atoms with Gasteiger partial charge in [0.25, 0.3) is 0 Å². The highest BCUT2D eigenvalue weighted by Gasteiger charge is 2.14. The lowest BCUT2D eigenvalue weighted by molar-refractivity contribution is 0.490. The van der Waals surface area contributed by atoms with E-state index in [0.29, 0.717) is 11.3 Å². The zero-order valence-electron chi connectivity index (χ0n) is 8.71. The van der Waals surface area contributed by atoms with Crippen molar-refractivity contribution in [3.05, 3.63) is 58.3 Å². The highest BCUT2D eigenvalue weighted by Crippen LogP contribution is 2.25. The molecule has 4 heteroatoms. The minimum Gasteiger partial charge on any atom is -0.448 e. The Morgan fingerprint density at radius 2 is 2.06 bits per heavy atom. The molecule has 1 atom stereocenters. The number of aryl methyl sites for hydroxylation is 1. The van der Waals surface area contributed by atoms with Gasteiger partial charge < -0.3 is 10.2 Å². The van der Waals surface area contributed by atoms with Crippen molar-refractivity contribution in [1.82, 2.24) is 0 Å². The van der Waals surface area contributed by atoms with Crippen molar-refractivity contribution in [2.75, 3.05) is 0 Å². The Morgan fingerprint density at radius 1 is 1.31 bits per heavy atom. The molecule has 1 aromatic heterocycles. The molecule has 0 spiro atoms. The van der Waals surface area contributed by atoms with E-state index in [-0.39, 0.29) is 11.0 Å². The van der Waals surface area contributed by atoms with E-state index in [1.54, 1.807) is 12.1 Å². The molecular formula is C12H11ClFNO. The molecule has 0 aliphatic carbocycles. The van der Waals surface area contributed by atoms with Gasteiger partial charge >= 0.3 is 0 Å². The molecule has 0 fully saturated rings. The van der Waals surface area contributed by atoms with Gasteiger partial charge in [-0.15, -0.1) is 0 Å². The van der Waals surface area contributed by atoms with E-state index in [9.17, 15) is 4.39 Å². The maximum Gasteiger partial charge on any atom is 0.193 e. The fourth-order valence-electron chi connectivity index (χ4n) is 1.60. The van der Waals surface area contributed by atoms with Crippen molar-refractivity contribution in [3.63, 3.8) is 0 Å². The standard InChI is InChI=1S/C12H11ClFNO/c1-7-4-8(6-9(14)5-7)12(15)10-2-3-11(13)16-10/h2-6,12H,15H2,1H3. The van der Waals surface area contributed by atoms with Crippen LogP contribution in [0.5, 0.6) is 0 Å². The van der Waals surface area contributed by atoms with Crippen LogP contribution in [0.3, 0.4) is 0 Å². The molecule has 0 aliphatic rings. The first-order valence-corrected chi connectivity index (χ1v) is 5.22. The van der Waals surface area contributed by atoms with Crippen LogP contribution in [0.1, 0.15) is 22.9 Å². The number of hydrogen-bond acceptors (Lipinski definition) is 2. The number of furan rings is 1. The highest BCUT2D eigenvalue weighted by molar-refractivity contribution is 6.28. The molecule has 84 valence electrons. The number of nitrogens with two attached hydrogens (primary N) is 1. The van der Waals surface area contributed by atoms with E-state index in [1.165, 1.54) is 12.1 Å². The number of benzene rings is 1. The van der Waals surface area contributed by atoms with Crippen LogP contribution in [-0.2, 0) is 0 Å². The third-order valence-electron chi connectivity index (χ3n) is 2.32. The summed E-state index contributed by atoms with van der Waals surface area (Å²) in [5.41, 5.74) is 7.44. The Kier molecular flexibility index (Phi) is 2.99. The predicted molar refractivity (Wildman–Crippen MR) is 60.9 cm³/mol. The van der Waals surface area contributed by atoms with Gasteiger partial charge in [-0.1, -0.05) is 6.07 Å². The fourth-order valence-corrected chi connectivity index (χ4v) is 1.76. The average Bonchev–Trinajstić information content (AvgIpc) is 2.62. The minimum atomic E-state index is -0.498. The zero-order valence-corrected chi connectivity index (χ0v) is 9.46. The second kappa shape index (κ2) is 4.28. The third kappa shape index (κ3) is 2.26. The first-order chi connectivity index (χ1) is 7.56. The zero-order chi connectivity index (χ0) is 11.7. The Balaban J connectivity index is 2.37. The lowest BCUT2D eigenvalue weighted by Crippen LogP contribution is -2.11. The molecule has 1 heterocycles. The van der Waals surface area contributed by atoms with E-state index in [0.717, 1.165) is 5.56 Å². The summed E-state index contributed by atoms with van der Waals surface area (Å²) in [4.78, 5) is 0. The first-order valence-electron chi connectivity index (χ1n) is 4.84. The SMILES string of the molecule is Cc1cc(F)cc(C(N)c2ccc(Cl)o2)c1. The largest absolute Gasteiger partial charge is 0.448 e. The highest BCUT2D eigenvalue weighted by atomic mass is 35.5. The molecule has 0 bridgehead atoms. The lowest BCUT2D eigenvalue weighted by atomic mass is 10.0. The summed E-state index contributed by atoms with van der Waals surface area (Å²) < 4.78 is 18.4. The van der Waals surface area contributed by atoms with Crippen molar-refractivity contribution < 1.29 is 8.81 Å². The van der Waals surface area contributed by atoms with Gasteiger partial charge in [0.05, 0.1) is 6.04 Å². The van der Waals surface area contributed by atoms with Crippen molar-refractivity contribution in [1.29, 1.82) is 0 Å². The van der Waals surface area contributed by atoms with Gasteiger partial charge in [-0.3, -0.25) is 0 Å². The molecule has 0 amide bonds. The maximum atomic E-state index is 13.2. The van der Waals surface area contributed by atoms with Crippen molar-refractivity contribution in [2.24, 2.45) is 5.73 Å². The summed E-state index contributed by atoms with van der Waals surface area (Å²) in [6.07, 6.45) is 0. The van der Waals surface area contributed by atoms with Gasteiger partial charge in [0.15, 0.2) is 5.22 Å². The van der Waals surface area contributed by atoms with Gasteiger partial charge in [0.1, 0.15) is 11.6 Å². The number of hydrogen-bond donors (Lipinski definition) is 1. The Hall–Kier alpha value is -1.32. The normalized spacial score (nSPS) is 12.8. The van der Waals surface area contributed by atoms with Crippen molar-refractivity contribution >= 4 is 11.6 Å². The van der Waals surface area contributed by atoms with Crippen molar-refractivity contribution in [2.45, 2.75) is 13.0 Å². The third-order valence-corrected chi connectivity index (χ3v) is 2.53. The van der Waals surface area contributed by atoms with Gasteiger partial charge in [-0.05, 0) is 53.9 Å². The molecule has 0 saturated carbocycles. The first kappa shape index (κ1) is 11.2. The molecule has 16 heavy (non-hydrogen) atoms. The van der Waals surface area contributed by atoms with Gasteiger partial charge in [0, 0.05) is 0 Å². The van der Waals surface area contributed by atoms with Crippen LogP contribution in [0.2, 0.25) is 5.22 Å². The molecule has 2 N–H and O–H groups in total. The van der Waals surface area contributed by atoms with Gasteiger partial charge in [-0.25, -0.2) is 4.39 Å². The summed E-state index contributed by atoms with van der Waals surface area (Å²) in [5.74, 6) is 0.220. The minimum absolute atomic E-state index is 0.276. The van der Waals surface area contributed by atoms with Crippen LogP contribution in [-0.4, -0.2) is 0 Å². The molecule has 2 rings (SSSR count). The van der Waals surface area contributed by atoms with Crippen LogP contribution in [0.15, 0.2) is 34.7 Å². The number of rotatable bonds is 2. The summed E-state index contributed by atoms with van der Waals surface area (Å²) in [6, 6.07) is 7.47. The van der Waals surface area contributed by atoms with E-state index < -0.39 is 6.04 Å². The molecule has 0 saturated heterocycles. The van der Waals surface area contributed by atoms with E-state index >= 15 is 0 Å². The molecule has 1 aromatic carbocycles. The second-order valence-electron chi connectivity index (χ2n) is 3.68. The van der Waals surface area contributed by atoms with Crippen LogP contribution in [0.4, 0.5) is 4.39 Å². The topological polar surface area (TPSA) is 39.2 Å². The smallest absolute Gasteiger partial charge is 0.193 e. The van der Waals surface area contributed by atoms with E-state index in [2.05, 4.69) is 0 Å². The molecule has 0 aliphatic heterocycles. The van der Waals surface area contributed by atoms with Crippen molar-refractivity contribution in [3.8, 4) is 0 Å². The summed E-state index contributed by atoms with van der Waals surface area (Å²) in [5, 5.41) is 0.276. The molecular weight excluding hydrogens is 229 g/mol. The van der Waals surface area contributed by atoms with Gasteiger partial charge in [-0.2, -0.15) is 0 Å². The van der Waals surface area contributed by atoms with Crippen LogP contribution in [0.25, 0.3) is 0 Å². The van der Waals surface area contributed by atoms with E-state index in [4.69, 9.17) is 21.8 Å². The molecule has 1 unspecified atom stereocenters. The average molecular weight is 240 g/mol. The van der Waals surface area contributed by atoms with Crippen LogP contribution in [0, 0.1) is 12.7 Å². The molecule has 2 nitrogen and oxygen atoms in total. The van der Waals surface area contributed by atoms with Gasteiger partial charge in [0.2, 0.25) is 0 Å². The monoisotopic (exact) mass is 239 g/mol. The van der Waals surface area contributed by atoms with Crippen LogP contribution >= 0.6 is 11.6 Å². The second-order valence-corrected chi connectivity index (χ2v) is 4.05. The summed E-state index contributed by atoms with van der Waals surface area (Å²) in [7, 11) is 0. The van der Waals surface area contributed by atoms with E-state index in [1.807, 2.05) is 13.0 Å². The summed E-state index contributed by atoms with van der Waals surface area (Å²) >= 11 is 5.66. The molecule has 0 radical (unpaired) electrons. The molecule has 2 aromatic rings. The lowest BCUT2D eigenvalue weighted by Gasteiger charge is -2.10.